The minimum absolute atomic E-state index is 0.0546. The van der Waals surface area contributed by atoms with Crippen LogP contribution in [0.1, 0.15) is 67.6 Å². The molecule has 2 aliphatic heterocycles. The second kappa shape index (κ2) is 13.1. The molecule has 48 heavy (non-hydrogen) atoms. The average Bonchev–Trinajstić information content (AvgIpc) is 3.29. The fraction of sp³-hybridized carbons (Fsp3) is 0.419. The summed E-state index contributed by atoms with van der Waals surface area (Å²) in [5.74, 6) is -2.48. The van der Waals surface area contributed by atoms with Gasteiger partial charge in [-0.1, -0.05) is 26.0 Å². The molecule has 0 spiro atoms. The molecule has 0 fully saturated rings. The van der Waals surface area contributed by atoms with Crippen molar-refractivity contribution in [3.63, 3.8) is 0 Å². The number of anilines is 1. The Morgan fingerprint density at radius 1 is 0.917 bits per heavy atom. The van der Waals surface area contributed by atoms with Crippen molar-refractivity contribution in [3.8, 4) is 0 Å². The molecule has 0 aromatic heterocycles. The summed E-state index contributed by atoms with van der Waals surface area (Å²) in [7, 11) is -13.4. The molecule has 262 valence electrons. The highest BCUT2D eigenvalue weighted by Crippen LogP contribution is 2.50. The van der Waals surface area contributed by atoms with Crippen LogP contribution in [-0.4, -0.2) is 84.9 Å². The first-order valence-corrected chi connectivity index (χ1v) is 19.6. The van der Waals surface area contributed by atoms with Gasteiger partial charge in [-0.05, 0) is 50.1 Å². The Morgan fingerprint density at radius 2 is 1.54 bits per heavy atom. The lowest BCUT2D eigenvalue weighted by Crippen LogP contribution is -2.29. The zero-order valence-corrected chi connectivity index (χ0v) is 29.4. The Labute approximate surface area is 280 Å². The summed E-state index contributed by atoms with van der Waals surface area (Å²) in [6.45, 7) is 7.96. The molecule has 0 aliphatic carbocycles. The quantitative estimate of drug-likeness (QED) is 0.148. The molecule has 17 heteroatoms. The van der Waals surface area contributed by atoms with E-state index in [0.717, 1.165) is 34.7 Å². The molecular weight excluding hydrogens is 687 g/mol. The first kappa shape index (κ1) is 37.4. The van der Waals surface area contributed by atoms with Crippen LogP contribution in [0.25, 0.3) is 0 Å². The lowest BCUT2D eigenvalue weighted by molar-refractivity contribution is -0.437. The van der Waals surface area contributed by atoms with Crippen molar-refractivity contribution in [3.05, 3.63) is 76.5 Å². The topological polar surface area (TPSA) is 233 Å². The molecule has 0 saturated heterocycles. The van der Waals surface area contributed by atoms with Gasteiger partial charge in [0.25, 0.3) is 30.4 Å². The van der Waals surface area contributed by atoms with Gasteiger partial charge in [0.2, 0.25) is 5.69 Å². The zero-order chi connectivity index (χ0) is 36.0. The van der Waals surface area contributed by atoms with Gasteiger partial charge in [-0.25, -0.2) is 4.79 Å². The maximum atomic E-state index is 12.4. The highest BCUT2D eigenvalue weighted by atomic mass is 32.2. The fourth-order valence-corrected chi connectivity index (χ4v) is 8.07. The SMILES string of the molecule is CC1(C)C(/C=C/C=C2/N(CCCS(=O)(=O)O)c3cc(S(=O)(=O)O)cc(C(=O)O)c3C2(C)C)=[N+](CCCS(=O)(=O)O)c2ccc(CN)cc21. The number of hydrogen-bond acceptors (Lipinski definition) is 9. The molecule has 6 N–H and O–H groups in total. The predicted molar refractivity (Wildman–Crippen MR) is 180 cm³/mol. The second-order valence-electron chi connectivity index (χ2n) is 12.8. The van der Waals surface area contributed by atoms with Crippen molar-refractivity contribution < 1.29 is 53.4 Å². The van der Waals surface area contributed by atoms with Gasteiger partial charge in [0, 0.05) is 59.6 Å². The van der Waals surface area contributed by atoms with Crippen LogP contribution < -0.4 is 10.6 Å². The van der Waals surface area contributed by atoms with Gasteiger partial charge in [-0.3, -0.25) is 13.7 Å². The van der Waals surface area contributed by atoms with Gasteiger partial charge in [0.05, 0.1) is 27.4 Å². The minimum Gasteiger partial charge on any atom is -0.478 e. The molecule has 0 bridgehead atoms. The third-order valence-electron chi connectivity index (χ3n) is 8.73. The Hall–Kier alpha value is -3.45. The molecule has 14 nitrogen and oxygen atoms in total. The van der Waals surface area contributed by atoms with Crippen molar-refractivity contribution in [2.45, 2.75) is 62.8 Å². The van der Waals surface area contributed by atoms with E-state index in [4.69, 9.17) is 5.73 Å². The number of rotatable bonds is 13. The van der Waals surface area contributed by atoms with Crippen LogP contribution in [-0.2, 0) is 47.7 Å². The highest BCUT2D eigenvalue weighted by molar-refractivity contribution is 7.86. The maximum Gasteiger partial charge on any atom is 0.336 e. The normalized spacial score (nSPS) is 18.2. The van der Waals surface area contributed by atoms with Crippen LogP contribution in [0.15, 0.2) is 59.2 Å². The summed E-state index contributed by atoms with van der Waals surface area (Å²) in [5, 5.41) is 10.1. The molecule has 2 aromatic carbocycles. The Bertz CT molecular complexity index is 2080. The van der Waals surface area contributed by atoms with E-state index in [1.165, 1.54) is 0 Å². The third kappa shape index (κ3) is 7.72. The van der Waals surface area contributed by atoms with Crippen LogP contribution in [0.2, 0.25) is 0 Å². The average molecular weight is 727 g/mol. The molecule has 4 rings (SSSR count). The summed E-state index contributed by atoms with van der Waals surface area (Å²) < 4.78 is 101. The molecule has 0 radical (unpaired) electrons. The number of fused-ring (bicyclic) bond motifs is 2. The maximum absolute atomic E-state index is 12.4. The molecular formula is C31H40N3O11S3+. The largest absolute Gasteiger partial charge is 0.478 e. The summed E-state index contributed by atoms with van der Waals surface area (Å²) in [6.07, 6.45) is 5.26. The number of carboxylic acids is 1. The van der Waals surface area contributed by atoms with Gasteiger partial charge in [-0.2, -0.15) is 29.8 Å². The van der Waals surface area contributed by atoms with Gasteiger partial charge >= 0.3 is 5.97 Å². The van der Waals surface area contributed by atoms with E-state index in [-0.39, 0.29) is 42.7 Å². The predicted octanol–water partition coefficient (Wildman–Crippen LogP) is 3.26. The highest BCUT2D eigenvalue weighted by Gasteiger charge is 2.46. The van der Waals surface area contributed by atoms with Crippen molar-refractivity contribution in [1.82, 2.24) is 0 Å². The molecule has 0 unspecified atom stereocenters. The van der Waals surface area contributed by atoms with E-state index in [2.05, 4.69) is 0 Å². The Balaban J connectivity index is 1.88. The smallest absolute Gasteiger partial charge is 0.336 e. The fourth-order valence-electron chi connectivity index (χ4n) is 6.55. The van der Waals surface area contributed by atoms with E-state index < -0.39 is 63.6 Å². The van der Waals surface area contributed by atoms with E-state index >= 15 is 0 Å². The van der Waals surface area contributed by atoms with E-state index in [1.54, 1.807) is 30.9 Å². The number of carboxylic acid groups (broad SMARTS) is 1. The number of carbonyl (C=O) groups is 1. The van der Waals surface area contributed by atoms with Crippen molar-refractivity contribution in [1.29, 1.82) is 0 Å². The Morgan fingerprint density at radius 3 is 2.10 bits per heavy atom. The minimum atomic E-state index is -4.83. The van der Waals surface area contributed by atoms with E-state index in [1.807, 2.05) is 42.7 Å². The summed E-state index contributed by atoms with van der Waals surface area (Å²) in [4.78, 5) is 13.3. The van der Waals surface area contributed by atoms with Crippen LogP contribution in [0.3, 0.4) is 0 Å². The van der Waals surface area contributed by atoms with Gasteiger partial charge in [0.1, 0.15) is 6.54 Å². The van der Waals surface area contributed by atoms with Crippen molar-refractivity contribution >= 4 is 53.4 Å². The Kier molecular flexibility index (Phi) is 10.2. The standard InChI is InChI=1S/C31H39N3O11S3/c1-30(2)23-16-20(19-32)10-11-24(23)33(12-6-14-46(37,38)39)26(30)8-5-9-27-31(3,4)28-22(29(35)36)17-21(48(43,44)45)18-25(28)34(27)13-7-15-47(40,41)42/h5,8-11,16-18H,6-7,12-15,19,32H2,1-4H3,(H3-,35,36,37,38,39,40,41,42,43,44,45)/p+1. The zero-order valence-electron chi connectivity index (χ0n) is 26.9. The lowest BCUT2D eigenvalue weighted by Gasteiger charge is -2.27. The monoisotopic (exact) mass is 726 g/mol. The number of nitrogens with two attached hydrogens (primary N) is 1. The van der Waals surface area contributed by atoms with Gasteiger partial charge in [0.15, 0.2) is 5.71 Å². The van der Waals surface area contributed by atoms with E-state index in [9.17, 15) is 48.8 Å². The molecule has 0 amide bonds. The van der Waals surface area contributed by atoms with Crippen LogP contribution >= 0.6 is 0 Å². The first-order chi connectivity index (χ1) is 22.0. The molecule has 0 atom stereocenters. The second-order valence-corrected chi connectivity index (χ2v) is 17.4. The molecule has 2 aromatic rings. The first-order valence-electron chi connectivity index (χ1n) is 14.9. The van der Waals surface area contributed by atoms with Crippen molar-refractivity contribution in [2.24, 2.45) is 5.73 Å². The number of aromatic carboxylic acids is 1. The number of benzene rings is 2. The summed E-state index contributed by atoms with van der Waals surface area (Å²) >= 11 is 0. The van der Waals surface area contributed by atoms with Gasteiger partial charge < -0.3 is 15.7 Å². The molecule has 0 saturated carbocycles. The summed E-state index contributed by atoms with van der Waals surface area (Å²) in [6, 6.07) is 7.77. The lowest BCUT2D eigenvalue weighted by atomic mass is 9.80. The van der Waals surface area contributed by atoms with Crippen molar-refractivity contribution in [2.75, 3.05) is 29.5 Å². The molecule has 2 heterocycles. The van der Waals surface area contributed by atoms with Crippen LogP contribution in [0, 0.1) is 0 Å². The van der Waals surface area contributed by atoms with E-state index in [0.29, 0.717) is 12.2 Å². The number of allylic oxidation sites excluding steroid dienone is 4. The van der Waals surface area contributed by atoms with Crippen LogP contribution in [0.5, 0.6) is 0 Å². The van der Waals surface area contributed by atoms with Crippen LogP contribution in [0.4, 0.5) is 11.4 Å². The van der Waals surface area contributed by atoms with Gasteiger partial charge in [-0.15, -0.1) is 0 Å². The summed E-state index contributed by atoms with van der Waals surface area (Å²) in [5.41, 5.74) is 8.24. The molecule has 2 aliphatic rings. The number of hydrogen-bond donors (Lipinski definition) is 5. The third-order valence-corrected chi connectivity index (χ3v) is 11.2. The number of nitrogens with zero attached hydrogens (tertiary/aromatic N) is 2.